The van der Waals surface area contributed by atoms with Crippen molar-refractivity contribution >= 4 is 0 Å². The van der Waals surface area contributed by atoms with Crippen molar-refractivity contribution in [1.29, 1.82) is 0 Å². The van der Waals surface area contributed by atoms with Crippen molar-refractivity contribution in [2.24, 2.45) is 13.0 Å². The number of aryl methyl sites for hydroxylation is 1. The van der Waals surface area contributed by atoms with Gasteiger partial charge in [0.05, 0.1) is 25.4 Å². The Morgan fingerprint density at radius 2 is 1.77 bits per heavy atom. The maximum absolute atomic E-state index is 10.7. The van der Waals surface area contributed by atoms with Gasteiger partial charge >= 0.3 is 0 Å². The van der Waals surface area contributed by atoms with Crippen LogP contribution in [0.25, 0.3) is 11.3 Å². The second-order valence-corrected chi connectivity index (χ2v) is 9.22. The van der Waals surface area contributed by atoms with E-state index in [0.29, 0.717) is 43.9 Å². The van der Waals surface area contributed by atoms with E-state index in [1.165, 1.54) is 0 Å². The summed E-state index contributed by atoms with van der Waals surface area (Å²) in [6.45, 7) is 9.25. The van der Waals surface area contributed by atoms with Crippen LogP contribution < -0.4 is 9.47 Å². The summed E-state index contributed by atoms with van der Waals surface area (Å²) in [6.07, 6.45) is 0.395. The largest absolute Gasteiger partial charge is 0.497 e. The van der Waals surface area contributed by atoms with E-state index < -0.39 is 6.10 Å². The minimum absolute atomic E-state index is 0.324. The Kier molecular flexibility index (Phi) is 10.1. The first-order chi connectivity index (χ1) is 16.9. The van der Waals surface area contributed by atoms with E-state index >= 15 is 0 Å². The van der Waals surface area contributed by atoms with Gasteiger partial charge in [-0.15, -0.1) is 0 Å². The third-order valence-electron chi connectivity index (χ3n) is 5.54. The Morgan fingerprint density at radius 3 is 2.46 bits per heavy atom. The summed E-state index contributed by atoms with van der Waals surface area (Å²) in [4.78, 5) is 2.24. The summed E-state index contributed by atoms with van der Waals surface area (Å²) < 4.78 is 19.2. The van der Waals surface area contributed by atoms with E-state index in [9.17, 15) is 5.11 Å². The quantitative estimate of drug-likeness (QED) is 0.344. The third kappa shape index (κ3) is 7.82. The fourth-order valence-electron chi connectivity index (χ4n) is 3.99. The monoisotopic (exact) mass is 481 g/mol. The maximum Gasteiger partial charge on any atom is 0.222 e. The highest BCUT2D eigenvalue weighted by atomic mass is 16.5. The molecule has 3 aromatic rings. The molecule has 7 nitrogen and oxygen atoms in total. The highest BCUT2D eigenvalue weighted by Gasteiger charge is 2.23. The lowest BCUT2D eigenvalue weighted by molar-refractivity contribution is 0.00685. The zero-order chi connectivity index (χ0) is 25.2. The molecule has 1 N–H and O–H groups in total. The lowest BCUT2D eigenvalue weighted by Gasteiger charge is -2.25. The molecule has 1 atom stereocenters. The lowest BCUT2D eigenvalue weighted by Crippen LogP contribution is -2.35. The molecular weight excluding hydrogens is 442 g/mol. The van der Waals surface area contributed by atoms with Gasteiger partial charge < -0.3 is 19.3 Å². The average Bonchev–Trinajstić information content (AvgIpc) is 3.14. The first kappa shape index (κ1) is 26.7. The van der Waals surface area contributed by atoms with E-state index in [4.69, 9.17) is 19.3 Å². The lowest BCUT2D eigenvalue weighted by atomic mass is 10.1. The molecule has 1 aromatic heterocycles. The number of methoxy groups -OCH3 is 1. The van der Waals surface area contributed by atoms with Gasteiger partial charge in [-0.25, -0.2) is 4.68 Å². The zero-order valence-electron chi connectivity index (χ0n) is 21.6. The number of aromatic nitrogens is 2. The molecule has 0 bridgehead atoms. The normalized spacial score (nSPS) is 12.3. The average molecular weight is 482 g/mol. The number of rotatable bonds is 14. The molecule has 0 saturated heterocycles. The van der Waals surface area contributed by atoms with Crippen LogP contribution in [0.5, 0.6) is 17.4 Å². The fourth-order valence-corrected chi connectivity index (χ4v) is 3.99. The first-order valence-electron chi connectivity index (χ1n) is 12.3. The molecule has 7 heteroatoms. The second kappa shape index (κ2) is 13.3. The van der Waals surface area contributed by atoms with Crippen LogP contribution >= 0.6 is 0 Å². The van der Waals surface area contributed by atoms with Crippen molar-refractivity contribution in [3.8, 4) is 28.6 Å². The minimum atomic E-state index is -0.570. The highest BCUT2D eigenvalue weighted by molar-refractivity contribution is 5.65. The molecule has 190 valence electrons. The Balaban J connectivity index is 1.90. The van der Waals surface area contributed by atoms with Crippen LogP contribution in [-0.2, 0) is 18.3 Å². The van der Waals surface area contributed by atoms with Gasteiger partial charge in [0.25, 0.3) is 0 Å². The predicted molar refractivity (Wildman–Crippen MR) is 139 cm³/mol. The van der Waals surface area contributed by atoms with E-state index in [2.05, 4.69) is 37.8 Å². The van der Waals surface area contributed by atoms with Crippen molar-refractivity contribution in [3.63, 3.8) is 0 Å². The van der Waals surface area contributed by atoms with E-state index in [-0.39, 0.29) is 0 Å². The molecule has 0 fully saturated rings. The summed E-state index contributed by atoms with van der Waals surface area (Å²) in [5, 5.41) is 15.5. The Hall–Kier alpha value is -2.87. The van der Waals surface area contributed by atoms with Gasteiger partial charge in [0.2, 0.25) is 5.88 Å². The standard InChI is InChI=1S/C28H39N3O4/c1-6-15-31(17-23(32)20-34-19-21(2)3)18-26-27(22-11-8-7-9-12-22)29-30(4)28(26)35-25-14-10-13-24(16-25)33-5/h7-14,16,21,23,32H,6,15,17-20H2,1-5H3/t23-/m1/s1. The molecule has 3 rings (SSSR count). The van der Waals surface area contributed by atoms with Crippen LogP contribution in [0.4, 0.5) is 0 Å². The summed E-state index contributed by atoms with van der Waals surface area (Å²) in [6, 6.07) is 17.7. The van der Waals surface area contributed by atoms with Crippen LogP contribution in [0.2, 0.25) is 0 Å². The van der Waals surface area contributed by atoms with E-state index in [1.54, 1.807) is 11.8 Å². The molecule has 0 aliphatic rings. The zero-order valence-corrected chi connectivity index (χ0v) is 21.6. The predicted octanol–water partition coefficient (Wildman–Crippen LogP) is 5.13. The molecule has 1 heterocycles. The topological polar surface area (TPSA) is 69.0 Å². The van der Waals surface area contributed by atoms with Crippen molar-refractivity contribution in [2.75, 3.05) is 33.4 Å². The number of hydrogen-bond donors (Lipinski definition) is 1. The van der Waals surface area contributed by atoms with Crippen LogP contribution in [0.15, 0.2) is 54.6 Å². The first-order valence-corrected chi connectivity index (χ1v) is 12.3. The summed E-state index contributed by atoms with van der Waals surface area (Å²) in [7, 11) is 3.53. The molecule has 35 heavy (non-hydrogen) atoms. The van der Waals surface area contributed by atoms with Crippen molar-refractivity contribution < 1.29 is 19.3 Å². The summed E-state index contributed by atoms with van der Waals surface area (Å²) >= 11 is 0. The van der Waals surface area contributed by atoms with Gasteiger partial charge in [0.1, 0.15) is 17.2 Å². The molecule has 2 aromatic carbocycles. The van der Waals surface area contributed by atoms with Crippen LogP contribution in [-0.4, -0.2) is 59.3 Å². The molecule has 0 radical (unpaired) electrons. The van der Waals surface area contributed by atoms with Crippen LogP contribution in [0.1, 0.15) is 32.8 Å². The molecule has 0 aliphatic carbocycles. The summed E-state index contributed by atoms with van der Waals surface area (Å²) in [5.74, 6) is 2.52. The van der Waals surface area contributed by atoms with Crippen molar-refractivity contribution in [3.05, 3.63) is 60.2 Å². The number of benzene rings is 2. The molecule has 0 unspecified atom stereocenters. The van der Waals surface area contributed by atoms with Crippen molar-refractivity contribution in [2.45, 2.75) is 39.8 Å². The molecular formula is C28H39N3O4. The minimum Gasteiger partial charge on any atom is -0.497 e. The van der Waals surface area contributed by atoms with Crippen molar-refractivity contribution in [1.82, 2.24) is 14.7 Å². The van der Waals surface area contributed by atoms with Gasteiger partial charge in [0.15, 0.2) is 0 Å². The summed E-state index contributed by atoms with van der Waals surface area (Å²) in [5.41, 5.74) is 2.87. The number of aliphatic hydroxyl groups excluding tert-OH is 1. The SMILES string of the molecule is CCCN(Cc1c(-c2ccccc2)nn(C)c1Oc1cccc(OC)c1)C[C@@H](O)COCC(C)C. The molecule has 0 aliphatic heterocycles. The second-order valence-electron chi connectivity index (χ2n) is 9.22. The molecule has 0 spiro atoms. The van der Waals surface area contributed by atoms with Gasteiger partial charge in [-0.3, -0.25) is 4.90 Å². The number of hydrogen-bond acceptors (Lipinski definition) is 6. The Bertz CT molecular complexity index is 1040. The molecule has 0 saturated carbocycles. The Morgan fingerprint density at radius 1 is 1.03 bits per heavy atom. The van der Waals surface area contributed by atoms with Gasteiger partial charge in [-0.05, 0) is 31.0 Å². The van der Waals surface area contributed by atoms with Gasteiger partial charge in [-0.2, -0.15) is 5.10 Å². The van der Waals surface area contributed by atoms with E-state index in [0.717, 1.165) is 35.5 Å². The van der Waals surface area contributed by atoms with Crippen LogP contribution in [0, 0.1) is 5.92 Å². The van der Waals surface area contributed by atoms with Gasteiger partial charge in [-0.1, -0.05) is 57.2 Å². The number of ether oxygens (including phenoxy) is 3. The number of nitrogens with zero attached hydrogens (tertiary/aromatic N) is 3. The van der Waals surface area contributed by atoms with E-state index in [1.807, 2.05) is 49.5 Å². The maximum atomic E-state index is 10.7. The Labute approximate surface area is 209 Å². The smallest absolute Gasteiger partial charge is 0.222 e. The van der Waals surface area contributed by atoms with Gasteiger partial charge in [0, 0.05) is 38.4 Å². The third-order valence-corrected chi connectivity index (χ3v) is 5.54. The number of aliphatic hydroxyl groups is 1. The molecule has 0 amide bonds. The fraction of sp³-hybridized carbons (Fsp3) is 0.464. The van der Waals surface area contributed by atoms with Crippen LogP contribution in [0.3, 0.4) is 0 Å². The highest BCUT2D eigenvalue weighted by Crippen LogP contribution is 2.35.